The van der Waals surface area contributed by atoms with Crippen LogP contribution in [0, 0.1) is 0 Å². The van der Waals surface area contributed by atoms with E-state index in [0.29, 0.717) is 5.66 Å². The molecule has 0 bridgehead atoms. The fraction of sp³-hybridized carbons (Fsp3) is 0.167. The summed E-state index contributed by atoms with van der Waals surface area (Å²) in [5.41, 5.74) is 2.08. The van der Waals surface area contributed by atoms with Crippen LogP contribution < -0.4 is 10.6 Å². The fourth-order valence-electron chi connectivity index (χ4n) is 4.08. The molecule has 1 unspecified atom stereocenters. The molecule has 25 heavy (non-hydrogen) atoms. The van der Waals surface area contributed by atoms with Crippen molar-refractivity contribution in [2.75, 3.05) is 0 Å². The lowest BCUT2D eigenvalue weighted by Gasteiger charge is -2.32. The molecule has 3 aromatic carbocycles. The molecule has 1 aliphatic carbocycles. The molecule has 0 N–H and O–H groups in total. The highest BCUT2D eigenvalue weighted by atomic mass is 31.2. The van der Waals surface area contributed by atoms with Gasteiger partial charge in [0, 0.05) is 0 Å². The van der Waals surface area contributed by atoms with Crippen molar-refractivity contribution in [2.24, 2.45) is 0 Å². The smallest absolute Gasteiger partial charge is 0.0845 e. The molecule has 0 heterocycles. The van der Waals surface area contributed by atoms with E-state index in [4.69, 9.17) is 0 Å². The van der Waals surface area contributed by atoms with Gasteiger partial charge in [0.15, 0.2) is 0 Å². The summed E-state index contributed by atoms with van der Waals surface area (Å²) < 4.78 is 0. The van der Waals surface area contributed by atoms with Gasteiger partial charge >= 0.3 is 0 Å². The summed E-state index contributed by atoms with van der Waals surface area (Å²) in [4.78, 5) is 0. The SMILES string of the molecule is C1=CC([P+](Cc2ccccc2)(c2ccccc2)c2ccccc2)CC1. The maximum atomic E-state index is 2.50. The molecule has 0 amide bonds. The van der Waals surface area contributed by atoms with Gasteiger partial charge in [-0.1, -0.05) is 72.8 Å². The molecule has 1 heteroatoms. The van der Waals surface area contributed by atoms with Crippen LogP contribution in [0.25, 0.3) is 0 Å². The third-order valence-corrected chi connectivity index (χ3v) is 10.1. The van der Waals surface area contributed by atoms with Crippen LogP contribution in [0.4, 0.5) is 0 Å². The number of benzene rings is 3. The lowest BCUT2D eigenvalue weighted by molar-refractivity contribution is 0.927. The molecule has 1 aliphatic rings. The first-order valence-electron chi connectivity index (χ1n) is 9.09. The Balaban J connectivity index is 1.92. The minimum atomic E-state index is -1.56. The van der Waals surface area contributed by atoms with Crippen molar-refractivity contribution in [3.8, 4) is 0 Å². The summed E-state index contributed by atoms with van der Waals surface area (Å²) in [6.45, 7) is 0. The molecule has 4 rings (SSSR count). The molecule has 0 aliphatic heterocycles. The van der Waals surface area contributed by atoms with Gasteiger partial charge in [0.05, 0.1) is 19.1 Å². The fourth-order valence-corrected chi connectivity index (χ4v) is 8.94. The van der Waals surface area contributed by atoms with Gasteiger partial charge in [0.1, 0.15) is 10.6 Å². The summed E-state index contributed by atoms with van der Waals surface area (Å²) in [5, 5.41) is 3.06. The Kier molecular flexibility index (Phi) is 4.81. The molecule has 0 spiro atoms. The van der Waals surface area contributed by atoms with Gasteiger partial charge in [-0.15, -0.1) is 0 Å². The molecular formula is C24H24P+. The van der Waals surface area contributed by atoms with Crippen molar-refractivity contribution in [2.45, 2.75) is 24.7 Å². The summed E-state index contributed by atoms with van der Waals surface area (Å²) in [7, 11) is -1.56. The first kappa shape index (κ1) is 16.3. The van der Waals surface area contributed by atoms with Crippen molar-refractivity contribution < 1.29 is 0 Å². The summed E-state index contributed by atoms with van der Waals surface area (Å²) in [6.07, 6.45) is 8.50. The molecule has 0 radical (unpaired) electrons. The Morgan fingerprint density at radius 1 is 0.680 bits per heavy atom. The predicted molar refractivity (Wildman–Crippen MR) is 111 cm³/mol. The normalized spacial score (nSPS) is 16.9. The Labute approximate surface area is 151 Å². The van der Waals surface area contributed by atoms with E-state index in [1.165, 1.54) is 29.0 Å². The van der Waals surface area contributed by atoms with E-state index in [-0.39, 0.29) is 0 Å². The highest BCUT2D eigenvalue weighted by molar-refractivity contribution is 7.89. The molecule has 0 saturated carbocycles. The van der Waals surface area contributed by atoms with Gasteiger partial charge in [-0.25, -0.2) is 0 Å². The largest absolute Gasteiger partial charge is 0.100 e. The van der Waals surface area contributed by atoms with Gasteiger partial charge in [-0.3, -0.25) is 0 Å². The maximum absolute atomic E-state index is 2.50. The van der Waals surface area contributed by atoms with Crippen LogP contribution in [0.2, 0.25) is 0 Å². The topological polar surface area (TPSA) is 0 Å². The van der Waals surface area contributed by atoms with Gasteiger partial charge in [0.2, 0.25) is 0 Å². The van der Waals surface area contributed by atoms with Gasteiger partial charge in [-0.2, -0.15) is 0 Å². The second kappa shape index (κ2) is 7.38. The lowest BCUT2D eigenvalue weighted by atomic mass is 10.2. The third-order valence-electron chi connectivity index (χ3n) is 5.26. The van der Waals surface area contributed by atoms with E-state index in [1.54, 1.807) is 0 Å². The molecule has 0 nitrogen and oxygen atoms in total. The summed E-state index contributed by atoms with van der Waals surface area (Å²) in [6, 6.07) is 33.6. The molecule has 3 aromatic rings. The second-order valence-electron chi connectivity index (χ2n) is 6.76. The van der Waals surface area contributed by atoms with Crippen LogP contribution in [0.15, 0.2) is 103 Å². The monoisotopic (exact) mass is 343 g/mol. The van der Waals surface area contributed by atoms with E-state index >= 15 is 0 Å². The third kappa shape index (κ3) is 3.20. The first-order chi connectivity index (χ1) is 12.4. The van der Waals surface area contributed by atoms with E-state index in [9.17, 15) is 0 Å². The molecule has 1 atom stereocenters. The van der Waals surface area contributed by atoms with Gasteiger partial charge in [-0.05, 0) is 48.7 Å². The highest BCUT2D eigenvalue weighted by Gasteiger charge is 2.49. The van der Waals surface area contributed by atoms with Gasteiger partial charge < -0.3 is 0 Å². The van der Waals surface area contributed by atoms with Crippen molar-refractivity contribution in [3.05, 3.63) is 109 Å². The van der Waals surface area contributed by atoms with Crippen molar-refractivity contribution >= 4 is 17.9 Å². The number of hydrogen-bond donors (Lipinski definition) is 0. The number of allylic oxidation sites excluding steroid dienone is 2. The minimum Gasteiger partial charge on any atom is -0.0845 e. The van der Waals surface area contributed by atoms with Crippen molar-refractivity contribution in [1.82, 2.24) is 0 Å². The quantitative estimate of drug-likeness (QED) is 0.419. The number of hydrogen-bond acceptors (Lipinski definition) is 0. The Morgan fingerprint density at radius 2 is 1.20 bits per heavy atom. The first-order valence-corrected chi connectivity index (χ1v) is 11.1. The maximum Gasteiger partial charge on any atom is 0.100 e. The van der Waals surface area contributed by atoms with E-state index < -0.39 is 7.26 Å². The number of rotatable bonds is 5. The lowest BCUT2D eigenvalue weighted by Crippen LogP contribution is -2.31. The molecule has 0 saturated heterocycles. The van der Waals surface area contributed by atoms with Crippen molar-refractivity contribution in [1.29, 1.82) is 0 Å². The van der Waals surface area contributed by atoms with E-state index in [1.807, 2.05) is 0 Å². The van der Waals surface area contributed by atoms with E-state index in [2.05, 4.69) is 103 Å². The summed E-state index contributed by atoms with van der Waals surface area (Å²) >= 11 is 0. The molecule has 124 valence electrons. The van der Waals surface area contributed by atoms with Crippen LogP contribution in [-0.4, -0.2) is 5.66 Å². The van der Waals surface area contributed by atoms with Crippen LogP contribution >= 0.6 is 7.26 Å². The molecular weight excluding hydrogens is 319 g/mol. The zero-order chi connectivity index (χ0) is 17.0. The van der Waals surface area contributed by atoms with Crippen LogP contribution in [0.5, 0.6) is 0 Å². The van der Waals surface area contributed by atoms with Crippen LogP contribution in [0.1, 0.15) is 18.4 Å². The van der Waals surface area contributed by atoms with Crippen molar-refractivity contribution in [3.63, 3.8) is 0 Å². The van der Waals surface area contributed by atoms with Gasteiger partial charge in [0.25, 0.3) is 0 Å². The van der Waals surface area contributed by atoms with Crippen LogP contribution in [-0.2, 0) is 6.16 Å². The Bertz CT molecular complexity index is 782. The predicted octanol–water partition coefficient (Wildman–Crippen LogP) is 5.57. The van der Waals surface area contributed by atoms with Crippen LogP contribution in [0.3, 0.4) is 0 Å². The Hall–Kier alpha value is -2.17. The Morgan fingerprint density at radius 3 is 1.68 bits per heavy atom. The molecule has 0 aromatic heterocycles. The minimum absolute atomic E-state index is 0.637. The highest BCUT2D eigenvalue weighted by Crippen LogP contribution is 2.65. The zero-order valence-corrected chi connectivity index (χ0v) is 15.4. The summed E-state index contributed by atoms with van der Waals surface area (Å²) in [5.74, 6) is 0. The zero-order valence-electron chi connectivity index (χ0n) is 14.5. The second-order valence-corrected chi connectivity index (χ2v) is 10.5. The average molecular weight is 343 g/mol. The average Bonchev–Trinajstić information content (AvgIpc) is 3.23. The standard InChI is InChI=1S/C24H24P/c1-4-12-21(13-5-1)20-25(24-18-10-11-19-24,22-14-6-2-7-15-22)23-16-8-3-9-17-23/h1-10,12-18,24H,11,19-20H2/q+1. The molecule has 0 fully saturated rings. The van der Waals surface area contributed by atoms with E-state index in [0.717, 1.165) is 6.16 Å².